The van der Waals surface area contributed by atoms with Gasteiger partial charge >= 0.3 is 0 Å². The molecule has 160 valence electrons. The van der Waals surface area contributed by atoms with Gasteiger partial charge < -0.3 is 20.9 Å². The SMILES string of the molecule is C#Cc1cccc(NC(=O)CN=C(NCC)NC2CCN(c3cccs3)CC2)c1.I. The maximum atomic E-state index is 12.3. The summed E-state index contributed by atoms with van der Waals surface area (Å²) in [6.07, 6.45) is 7.47. The molecule has 2 heterocycles. The van der Waals surface area contributed by atoms with Crippen molar-refractivity contribution in [3.63, 3.8) is 0 Å². The number of piperidine rings is 1. The van der Waals surface area contributed by atoms with E-state index in [1.165, 1.54) is 5.00 Å². The number of nitrogens with zero attached hydrogens (tertiary/aromatic N) is 2. The average Bonchev–Trinajstić information content (AvgIpc) is 3.28. The summed E-state index contributed by atoms with van der Waals surface area (Å²) in [6, 6.07) is 11.8. The van der Waals surface area contributed by atoms with E-state index in [1.54, 1.807) is 17.4 Å². The molecule has 1 aromatic heterocycles. The Bertz CT molecular complexity index is 870. The van der Waals surface area contributed by atoms with Gasteiger partial charge in [0.15, 0.2) is 5.96 Å². The van der Waals surface area contributed by atoms with Crippen LogP contribution in [0.25, 0.3) is 0 Å². The highest BCUT2D eigenvalue weighted by Gasteiger charge is 2.20. The number of halogens is 1. The summed E-state index contributed by atoms with van der Waals surface area (Å²) >= 11 is 1.78. The first-order valence-electron chi connectivity index (χ1n) is 9.87. The molecule has 0 atom stereocenters. The summed E-state index contributed by atoms with van der Waals surface area (Å²) in [6.45, 7) is 4.84. The van der Waals surface area contributed by atoms with E-state index >= 15 is 0 Å². The number of guanidine groups is 1. The predicted octanol–water partition coefficient (Wildman–Crippen LogP) is 3.51. The summed E-state index contributed by atoms with van der Waals surface area (Å²) < 4.78 is 0. The molecule has 3 rings (SSSR count). The molecule has 1 aromatic carbocycles. The number of nitrogens with one attached hydrogen (secondary N) is 3. The summed E-state index contributed by atoms with van der Waals surface area (Å²) in [5, 5.41) is 13.0. The summed E-state index contributed by atoms with van der Waals surface area (Å²) in [5.74, 6) is 3.06. The number of hydrogen-bond acceptors (Lipinski definition) is 4. The maximum absolute atomic E-state index is 12.3. The number of amides is 1. The topological polar surface area (TPSA) is 68.8 Å². The normalized spacial score (nSPS) is 14.4. The Labute approximate surface area is 199 Å². The minimum absolute atomic E-state index is 0. The second-order valence-corrected chi connectivity index (χ2v) is 7.75. The van der Waals surface area contributed by atoms with Crippen LogP contribution >= 0.6 is 35.3 Å². The minimum atomic E-state index is -0.177. The number of carbonyl (C=O) groups excluding carboxylic acids is 1. The van der Waals surface area contributed by atoms with Gasteiger partial charge in [0.2, 0.25) is 5.91 Å². The fourth-order valence-corrected chi connectivity index (χ4v) is 4.03. The zero-order chi connectivity index (χ0) is 20.5. The Balaban J connectivity index is 0.00000320. The van der Waals surface area contributed by atoms with Gasteiger partial charge in [-0.15, -0.1) is 41.7 Å². The minimum Gasteiger partial charge on any atom is -0.363 e. The zero-order valence-electron chi connectivity index (χ0n) is 17.1. The van der Waals surface area contributed by atoms with Gasteiger partial charge in [0, 0.05) is 36.9 Å². The van der Waals surface area contributed by atoms with Crippen molar-refractivity contribution in [3.05, 3.63) is 47.3 Å². The Hall–Kier alpha value is -2.25. The molecule has 0 unspecified atom stereocenters. The fraction of sp³-hybridized carbons (Fsp3) is 0.364. The molecule has 1 aliphatic heterocycles. The number of terminal acetylenes is 1. The number of anilines is 2. The Morgan fingerprint density at radius 1 is 1.30 bits per heavy atom. The summed E-state index contributed by atoms with van der Waals surface area (Å²) in [5.41, 5.74) is 1.41. The lowest BCUT2D eigenvalue weighted by Crippen LogP contribution is -2.48. The monoisotopic (exact) mass is 537 g/mol. The van der Waals surface area contributed by atoms with Crippen LogP contribution in [0.4, 0.5) is 10.7 Å². The van der Waals surface area contributed by atoms with Gasteiger partial charge in [-0.3, -0.25) is 4.79 Å². The highest BCUT2D eigenvalue weighted by molar-refractivity contribution is 14.0. The molecule has 0 radical (unpaired) electrons. The Kier molecular flexibility index (Phi) is 9.97. The van der Waals surface area contributed by atoms with Gasteiger partial charge in [0.05, 0.1) is 5.00 Å². The van der Waals surface area contributed by atoms with Gasteiger partial charge in [-0.05, 0) is 55.5 Å². The van der Waals surface area contributed by atoms with Crippen LogP contribution in [-0.4, -0.2) is 44.1 Å². The second-order valence-electron chi connectivity index (χ2n) is 6.83. The Morgan fingerprint density at radius 2 is 2.10 bits per heavy atom. The van der Waals surface area contributed by atoms with Crippen molar-refractivity contribution in [2.75, 3.05) is 36.4 Å². The molecule has 2 aromatic rings. The van der Waals surface area contributed by atoms with E-state index in [2.05, 4.69) is 49.3 Å². The van der Waals surface area contributed by atoms with Gasteiger partial charge in [0.25, 0.3) is 0 Å². The van der Waals surface area contributed by atoms with Gasteiger partial charge in [-0.1, -0.05) is 12.0 Å². The van der Waals surface area contributed by atoms with E-state index < -0.39 is 0 Å². The van der Waals surface area contributed by atoms with Gasteiger partial charge in [0.1, 0.15) is 6.54 Å². The number of rotatable bonds is 6. The van der Waals surface area contributed by atoms with Crippen molar-refractivity contribution in [2.45, 2.75) is 25.8 Å². The molecule has 0 spiro atoms. The first-order valence-corrected chi connectivity index (χ1v) is 10.8. The summed E-state index contributed by atoms with van der Waals surface area (Å²) in [4.78, 5) is 19.1. The van der Waals surface area contributed by atoms with Crippen molar-refractivity contribution < 1.29 is 4.79 Å². The molecule has 1 fully saturated rings. The number of hydrogen-bond donors (Lipinski definition) is 3. The largest absolute Gasteiger partial charge is 0.363 e. The van der Waals surface area contributed by atoms with Gasteiger partial charge in [-0.2, -0.15) is 0 Å². The third kappa shape index (κ3) is 7.22. The van der Waals surface area contributed by atoms with Crippen LogP contribution in [0.5, 0.6) is 0 Å². The summed E-state index contributed by atoms with van der Waals surface area (Å²) in [7, 11) is 0. The van der Waals surface area contributed by atoms with Crippen molar-refractivity contribution in [1.82, 2.24) is 10.6 Å². The Morgan fingerprint density at radius 3 is 2.77 bits per heavy atom. The number of benzene rings is 1. The zero-order valence-corrected chi connectivity index (χ0v) is 20.2. The van der Waals surface area contributed by atoms with E-state index in [1.807, 2.05) is 25.1 Å². The molecule has 0 saturated carbocycles. The van der Waals surface area contributed by atoms with E-state index in [0.29, 0.717) is 17.7 Å². The second kappa shape index (κ2) is 12.4. The number of carbonyl (C=O) groups is 1. The smallest absolute Gasteiger partial charge is 0.246 e. The lowest BCUT2D eigenvalue weighted by Gasteiger charge is -2.33. The maximum Gasteiger partial charge on any atom is 0.246 e. The molecule has 3 N–H and O–H groups in total. The number of aliphatic imine (C=N–C) groups is 1. The molecule has 30 heavy (non-hydrogen) atoms. The molecular weight excluding hydrogens is 509 g/mol. The first-order chi connectivity index (χ1) is 14.2. The van der Waals surface area contributed by atoms with Crippen LogP contribution in [0.15, 0.2) is 46.8 Å². The van der Waals surface area contributed by atoms with Crippen LogP contribution < -0.4 is 20.9 Å². The molecule has 0 aliphatic carbocycles. The van der Waals surface area contributed by atoms with Crippen LogP contribution in [0.2, 0.25) is 0 Å². The first kappa shape index (κ1) is 24.0. The van der Waals surface area contributed by atoms with Crippen molar-refractivity contribution in [3.8, 4) is 12.3 Å². The van der Waals surface area contributed by atoms with Gasteiger partial charge in [-0.25, -0.2) is 4.99 Å². The standard InChI is InChI=1S/C22H27N5OS.HI/c1-3-17-7-5-8-19(15-17)25-20(28)16-24-22(23-4-2)26-18-10-12-27(13-11-18)21-9-6-14-29-21;/h1,5-9,14-15,18H,4,10-13,16H2,2H3,(H,25,28)(H2,23,24,26);1H. The third-order valence-electron chi connectivity index (χ3n) is 4.69. The van der Waals surface area contributed by atoms with Crippen LogP contribution in [0.1, 0.15) is 25.3 Å². The van der Waals surface area contributed by atoms with E-state index in [9.17, 15) is 4.79 Å². The highest BCUT2D eigenvalue weighted by Crippen LogP contribution is 2.24. The van der Waals surface area contributed by atoms with Crippen molar-refractivity contribution >= 4 is 57.9 Å². The average molecular weight is 537 g/mol. The van der Waals surface area contributed by atoms with Crippen molar-refractivity contribution in [1.29, 1.82) is 0 Å². The molecular formula is C22H28IN5OS. The molecule has 6 nitrogen and oxygen atoms in total. The molecule has 0 bridgehead atoms. The van der Waals surface area contributed by atoms with Crippen LogP contribution in [-0.2, 0) is 4.79 Å². The fourth-order valence-electron chi connectivity index (χ4n) is 3.25. The predicted molar refractivity (Wildman–Crippen MR) is 137 cm³/mol. The van der Waals surface area contributed by atoms with Crippen LogP contribution in [0.3, 0.4) is 0 Å². The quantitative estimate of drug-likeness (QED) is 0.229. The third-order valence-corrected chi connectivity index (χ3v) is 5.62. The lowest BCUT2D eigenvalue weighted by atomic mass is 10.1. The number of thiophene rings is 1. The molecule has 8 heteroatoms. The van der Waals surface area contributed by atoms with Crippen molar-refractivity contribution in [2.24, 2.45) is 4.99 Å². The van der Waals surface area contributed by atoms with E-state index in [4.69, 9.17) is 6.42 Å². The highest BCUT2D eigenvalue weighted by atomic mass is 127. The lowest BCUT2D eigenvalue weighted by molar-refractivity contribution is -0.114. The van der Waals surface area contributed by atoms with Crippen LogP contribution in [0, 0.1) is 12.3 Å². The molecule has 1 amide bonds. The van der Waals surface area contributed by atoms with E-state index in [0.717, 1.165) is 38.0 Å². The molecule has 1 aliphatic rings. The van der Waals surface area contributed by atoms with E-state index in [-0.39, 0.29) is 36.4 Å². The molecule has 1 saturated heterocycles.